The molecule has 4 nitrogen and oxygen atoms in total. The number of ether oxygens (including phenoxy) is 2. The number of nitrogens with one attached hydrogen (secondary N) is 1. The Kier molecular flexibility index (Phi) is 4.19. The smallest absolute Gasteiger partial charge is 0.227 e. The third-order valence-electron chi connectivity index (χ3n) is 4.67. The van der Waals surface area contributed by atoms with Crippen molar-refractivity contribution in [3.05, 3.63) is 35.6 Å². The molecule has 3 rings (SSSR count). The van der Waals surface area contributed by atoms with Gasteiger partial charge in [0.15, 0.2) is 0 Å². The molecule has 0 spiro atoms. The first-order valence-corrected chi connectivity index (χ1v) is 7.75. The minimum absolute atomic E-state index is 0.00940. The molecule has 0 unspecified atom stereocenters. The van der Waals surface area contributed by atoms with E-state index < -0.39 is 5.41 Å². The summed E-state index contributed by atoms with van der Waals surface area (Å²) < 4.78 is 24.6. The van der Waals surface area contributed by atoms with Crippen LogP contribution in [0.15, 0.2) is 24.3 Å². The molecule has 0 saturated carbocycles. The van der Waals surface area contributed by atoms with Crippen molar-refractivity contribution in [3.63, 3.8) is 0 Å². The van der Waals surface area contributed by atoms with Crippen LogP contribution in [0.4, 0.5) is 4.39 Å². The van der Waals surface area contributed by atoms with Crippen LogP contribution in [-0.4, -0.2) is 37.9 Å². The lowest BCUT2D eigenvalue weighted by Crippen LogP contribution is -2.63. The average Bonchev–Trinajstić information content (AvgIpc) is 2.49. The molecule has 120 valence electrons. The second-order valence-corrected chi connectivity index (χ2v) is 6.67. The third kappa shape index (κ3) is 3.01. The summed E-state index contributed by atoms with van der Waals surface area (Å²) in [5.74, 6) is -0.260. The van der Waals surface area contributed by atoms with Gasteiger partial charge >= 0.3 is 0 Å². The van der Waals surface area contributed by atoms with Gasteiger partial charge in [0.2, 0.25) is 5.91 Å². The fourth-order valence-corrected chi connectivity index (χ4v) is 3.14. The molecule has 0 radical (unpaired) electrons. The first kappa shape index (κ1) is 15.4. The van der Waals surface area contributed by atoms with Gasteiger partial charge in [0.25, 0.3) is 0 Å². The fourth-order valence-electron chi connectivity index (χ4n) is 3.14. The molecule has 0 bridgehead atoms. The zero-order valence-electron chi connectivity index (χ0n) is 12.9. The minimum Gasteiger partial charge on any atom is -0.381 e. The Labute approximate surface area is 130 Å². The van der Waals surface area contributed by atoms with Crippen LogP contribution >= 0.6 is 0 Å². The predicted molar refractivity (Wildman–Crippen MR) is 80.0 cm³/mol. The molecule has 22 heavy (non-hydrogen) atoms. The van der Waals surface area contributed by atoms with Gasteiger partial charge in [-0.15, -0.1) is 0 Å². The van der Waals surface area contributed by atoms with Crippen molar-refractivity contribution in [2.75, 3.05) is 26.4 Å². The highest BCUT2D eigenvalue weighted by atomic mass is 19.1. The van der Waals surface area contributed by atoms with Gasteiger partial charge in [-0.1, -0.05) is 18.2 Å². The molecule has 2 heterocycles. The molecule has 2 aliphatic rings. The highest BCUT2D eigenvalue weighted by Gasteiger charge is 2.45. The van der Waals surface area contributed by atoms with Crippen molar-refractivity contribution in [2.24, 2.45) is 5.41 Å². The topological polar surface area (TPSA) is 47.6 Å². The molecule has 2 fully saturated rings. The van der Waals surface area contributed by atoms with Crippen molar-refractivity contribution in [1.82, 2.24) is 5.32 Å². The molecular weight excluding hydrogens is 285 g/mol. The Morgan fingerprint density at radius 2 is 1.91 bits per heavy atom. The van der Waals surface area contributed by atoms with E-state index in [4.69, 9.17) is 9.47 Å². The molecule has 0 aromatic heterocycles. The van der Waals surface area contributed by atoms with Gasteiger partial charge in [0.05, 0.1) is 24.2 Å². The average molecular weight is 307 g/mol. The summed E-state index contributed by atoms with van der Waals surface area (Å²) in [5, 5.41) is 3.10. The third-order valence-corrected chi connectivity index (χ3v) is 4.67. The molecule has 1 amide bonds. The van der Waals surface area contributed by atoms with Gasteiger partial charge < -0.3 is 14.8 Å². The number of hydrogen-bond acceptors (Lipinski definition) is 3. The molecule has 2 saturated heterocycles. The van der Waals surface area contributed by atoms with Crippen LogP contribution in [0.2, 0.25) is 0 Å². The molecule has 1 aromatic rings. The summed E-state index contributed by atoms with van der Waals surface area (Å²) in [6, 6.07) is 6.68. The molecule has 2 aliphatic heterocycles. The second-order valence-electron chi connectivity index (χ2n) is 6.67. The summed E-state index contributed by atoms with van der Waals surface area (Å²) in [6.45, 7) is 4.12. The van der Waals surface area contributed by atoms with Crippen molar-refractivity contribution in [1.29, 1.82) is 0 Å². The lowest BCUT2D eigenvalue weighted by atomic mass is 9.73. The maximum Gasteiger partial charge on any atom is 0.227 e. The Morgan fingerprint density at radius 1 is 1.23 bits per heavy atom. The Morgan fingerprint density at radius 3 is 2.50 bits per heavy atom. The Bertz CT molecular complexity index is 551. The summed E-state index contributed by atoms with van der Waals surface area (Å²) in [6.07, 6.45) is 1.64. The van der Waals surface area contributed by atoms with Crippen molar-refractivity contribution >= 4 is 5.91 Å². The van der Waals surface area contributed by atoms with E-state index in [1.54, 1.807) is 12.1 Å². The van der Waals surface area contributed by atoms with E-state index in [0.717, 1.165) is 0 Å². The van der Waals surface area contributed by atoms with Crippen LogP contribution in [0.3, 0.4) is 0 Å². The van der Waals surface area contributed by atoms with Crippen LogP contribution < -0.4 is 5.32 Å². The zero-order chi connectivity index (χ0) is 15.6. The summed E-state index contributed by atoms with van der Waals surface area (Å²) >= 11 is 0. The van der Waals surface area contributed by atoms with Gasteiger partial charge in [0.1, 0.15) is 5.82 Å². The number of amides is 1. The van der Waals surface area contributed by atoms with Gasteiger partial charge in [-0.2, -0.15) is 0 Å². The van der Waals surface area contributed by atoms with E-state index in [-0.39, 0.29) is 17.3 Å². The SMILES string of the molecule is CC1(NC(=O)C2(Cc3ccccc3F)CCOCC2)COC1. The normalized spacial score (nSPS) is 22.6. The maximum absolute atomic E-state index is 14.0. The van der Waals surface area contributed by atoms with E-state index >= 15 is 0 Å². The summed E-state index contributed by atoms with van der Waals surface area (Å²) in [4.78, 5) is 12.9. The van der Waals surface area contributed by atoms with Crippen LogP contribution in [0, 0.1) is 11.2 Å². The van der Waals surface area contributed by atoms with Gasteiger partial charge in [-0.3, -0.25) is 4.79 Å². The van der Waals surface area contributed by atoms with Gasteiger partial charge in [-0.25, -0.2) is 4.39 Å². The zero-order valence-corrected chi connectivity index (χ0v) is 12.9. The van der Waals surface area contributed by atoms with Crippen molar-refractivity contribution in [3.8, 4) is 0 Å². The summed E-state index contributed by atoms with van der Waals surface area (Å²) in [7, 11) is 0. The quantitative estimate of drug-likeness (QED) is 0.926. The first-order valence-electron chi connectivity index (χ1n) is 7.75. The van der Waals surface area contributed by atoms with E-state index in [0.29, 0.717) is 51.3 Å². The highest BCUT2D eigenvalue weighted by Crippen LogP contribution is 2.36. The number of carbonyl (C=O) groups excluding carboxylic acids is 1. The van der Waals surface area contributed by atoms with E-state index in [9.17, 15) is 9.18 Å². The number of hydrogen-bond donors (Lipinski definition) is 1. The first-order chi connectivity index (χ1) is 10.5. The molecule has 0 atom stereocenters. The van der Waals surface area contributed by atoms with Crippen LogP contribution in [0.5, 0.6) is 0 Å². The van der Waals surface area contributed by atoms with Gasteiger partial charge in [-0.05, 0) is 37.8 Å². The van der Waals surface area contributed by atoms with Gasteiger partial charge in [0, 0.05) is 13.2 Å². The standard InChI is InChI=1S/C17H22FNO3/c1-16(11-22-12-16)19-15(20)17(6-8-21-9-7-17)10-13-4-2-3-5-14(13)18/h2-5H,6-12H2,1H3,(H,19,20). The highest BCUT2D eigenvalue weighted by molar-refractivity contribution is 5.84. The summed E-state index contributed by atoms with van der Waals surface area (Å²) in [5.41, 5.74) is -0.300. The van der Waals surface area contributed by atoms with Crippen LogP contribution in [0.25, 0.3) is 0 Å². The Hall–Kier alpha value is -1.46. The van der Waals surface area contributed by atoms with Crippen LogP contribution in [-0.2, 0) is 20.7 Å². The second kappa shape index (κ2) is 5.97. The number of rotatable bonds is 4. The largest absolute Gasteiger partial charge is 0.381 e. The van der Waals surface area contributed by atoms with E-state index in [1.807, 2.05) is 13.0 Å². The van der Waals surface area contributed by atoms with Crippen molar-refractivity contribution in [2.45, 2.75) is 31.7 Å². The van der Waals surface area contributed by atoms with Crippen molar-refractivity contribution < 1.29 is 18.7 Å². The number of halogens is 1. The minimum atomic E-state index is -0.598. The molecule has 0 aliphatic carbocycles. The monoisotopic (exact) mass is 307 g/mol. The molecule has 5 heteroatoms. The lowest BCUT2D eigenvalue weighted by Gasteiger charge is -2.43. The molecule has 1 N–H and O–H groups in total. The van der Waals surface area contributed by atoms with E-state index in [2.05, 4.69) is 5.32 Å². The van der Waals surface area contributed by atoms with E-state index in [1.165, 1.54) is 6.07 Å². The number of benzene rings is 1. The molecular formula is C17H22FNO3. The lowest BCUT2D eigenvalue weighted by molar-refractivity contribution is -0.146. The maximum atomic E-state index is 14.0. The molecule has 1 aromatic carbocycles. The number of carbonyl (C=O) groups is 1. The predicted octanol–water partition coefficient (Wildman–Crippen LogP) is 2.07. The fraction of sp³-hybridized carbons (Fsp3) is 0.588. The Balaban J connectivity index is 1.81. The van der Waals surface area contributed by atoms with Crippen LogP contribution in [0.1, 0.15) is 25.3 Å².